The fourth-order valence-corrected chi connectivity index (χ4v) is 2.30. The average molecular weight is 325 g/mol. The van der Waals surface area contributed by atoms with E-state index in [2.05, 4.69) is 5.32 Å². The fourth-order valence-electron chi connectivity index (χ4n) is 2.30. The maximum absolute atomic E-state index is 11.9. The van der Waals surface area contributed by atoms with Crippen molar-refractivity contribution in [1.82, 2.24) is 0 Å². The van der Waals surface area contributed by atoms with Crippen LogP contribution in [0.15, 0.2) is 57.7 Å². The lowest BCUT2D eigenvalue weighted by Gasteiger charge is -2.11. The molecule has 120 valence electrons. The zero-order chi connectivity index (χ0) is 17.3. The summed E-state index contributed by atoms with van der Waals surface area (Å²) in [6.07, 6.45) is 0. The molecule has 2 aromatic carbocycles. The van der Waals surface area contributed by atoms with Gasteiger partial charge < -0.3 is 19.6 Å². The molecule has 8 nitrogen and oxygen atoms in total. The van der Waals surface area contributed by atoms with Crippen LogP contribution in [0.4, 0.5) is 17.1 Å². The molecule has 1 aromatic heterocycles. The molecule has 8 heteroatoms. The van der Waals surface area contributed by atoms with E-state index < -0.39 is 22.2 Å². The Morgan fingerprint density at radius 2 is 1.88 bits per heavy atom. The average Bonchev–Trinajstić information content (AvgIpc) is 2.54. The Labute approximate surface area is 134 Å². The van der Waals surface area contributed by atoms with E-state index in [1.54, 1.807) is 18.2 Å². The summed E-state index contributed by atoms with van der Waals surface area (Å²) in [5.74, 6) is -1.38. The zero-order valence-electron chi connectivity index (χ0n) is 12.0. The molecule has 0 spiro atoms. The topological polar surface area (TPSA) is 126 Å². The summed E-state index contributed by atoms with van der Waals surface area (Å²) >= 11 is 0. The molecule has 0 amide bonds. The quantitative estimate of drug-likeness (QED) is 0.440. The first-order valence-electron chi connectivity index (χ1n) is 6.76. The molecule has 3 aromatic rings. The third-order valence-electron chi connectivity index (χ3n) is 3.34. The molecule has 0 atom stereocenters. The molecule has 0 aliphatic heterocycles. The second-order valence-electron chi connectivity index (χ2n) is 4.86. The number of nitrogens with one attached hydrogen (secondary N) is 1. The number of nitrogens with zero attached hydrogens (tertiary/aromatic N) is 1. The van der Waals surface area contributed by atoms with Gasteiger partial charge in [0.05, 0.1) is 10.9 Å². The van der Waals surface area contributed by atoms with Gasteiger partial charge in [0.1, 0.15) is 11.3 Å². The van der Waals surface area contributed by atoms with Crippen molar-refractivity contribution in [3.8, 4) is 0 Å². The SMILES string of the molecule is O=C([O-])c1cccc(Nc2c([N+](=O)[O-])c(=O)oc3ccccc23)c1. The molecule has 3 rings (SSSR count). The van der Waals surface area contributed by atoms with Crippen LogP contribution in [-0.4, -0.2) is 10.9 Å². The molecule has 0 aliphatic rings. The molecule has 1 N–H and O–H groups in total. The molecule has 1 heterocycles. The molecule has 0 saturated heterocycles. The van der Waals surface area contributed by atoms with Gasteiger partial charge in [-0.2, -0.15) is 0 Å². The lowest BCUT2D eigenvalue weighted by Crippen LogP contribution is -2.22. The van der Waals surface area contributed by atoms with Crippen molar-refractivity contribution < 1.29 is 19.2 Å². The first-order chi connectivity index (χ1) is 11.5. The van der Waals surface area contributed by atoms with Crippen molar-refractivity contribution in [3.63, 3.8) is 0 Å². The third kappa shape index (κ3) is 2.68. The molecular formula is C16H9N2O6-. The van der Waals surface area contributed by atoms with Crippen LogP contribution in [0.2, 0.25) is 0 Å². The minimum Gasteiger partial charge on any atom is -0.545 e. The predicted molar refractivity (Wildman–Crippen MR) is 83.2 cm³/mol. The van der Waals surface area contributed by atoms with Crippen LogP contribution in [0.3, 0.4) is 0 Å². The van der Waals surface area contributed by atoms with E-state index >= 15 is 0 Å². The van der Waals surface area contributed by atoms with Crippen LogP contribution in [0.25, 0.3) is 11.0 Å². The molecule has 0 radical (unpaired) electrons. The van der Waals surface area contributed by atoms with Crippen molar-refractivity contribution >= 4 is 34.0 Å². The summed E-state index contributed by atoms with van der Waals surface area (Å²) < 4.78 is 4.95. The molecule has 24 heavy (non-hydrogen) atoms. The smallest absolute Gasteiger partial charge is 0.417 e. The van der Waals surface area contributed by atoms with Gasteiger partial charge in [-0.25, -0.2) is 4.79 Å². The second kappa shape index (κ2) is 5.84. The monoisotopic (exact) mass is 325 g/mol. The molecule has 0 saturated carbocycles. The molecular weight excluding hydrogens is 316 g/mol. The summed E-state index contributed by atoms with van der Waals surface area (Å²) in [6.45, 7) is 0. The van der Waals surface area contributed by atoms with Crippen molar-refractivity contribution in [2.45, 2.75) is 0 Å². The Balaban J connectivity index is 2.23. The van der Waals surface area contributed by atoms with Crippen LogP contribution in [0, 0.1) is 10.1 Å². The van der Waals surface area contributed by atoms with Gasteiger partial charge >= 0.3 is 11.3 Å². The van der Waals surface area contributed by atoms with E-state index in [4.69, 9.17) is 4.42 Å². The van der Waals surface area contributed by atoms with E-state index in [0.29, 0.717) is 5.39 Å². The van der Waals surface area contributed by atoms with Gasteiger partial charge in [-0.3, -0.25) is 10.1 Å². The van der Waals surface area contributed by atoms with E-state index in [-0.39, 0.29) is 22.5 Å². The number of hydrogen-bond donors (Lipinski definition) is 1. The second-order valence-corrected chi connectivity index (χ2v) is 4.86. The normalized spacial score (nSPS) is 10.5. The minimum atomic E-state index is -1.38. The highest BCUT2D eigenvalue weighted by molar-refractivity contribution is 5.96. The van der Waals surface area contributed by atoms with Gasteiger partial charge in [0.2, 0.25) is 0 Å². The highest BCUT2D eigenvalue weighted by atomic mass is 16.6. The number of aromatic carboxylic acids is 1. The highest BCUT2D eigenvalue weighted by Crippen LogP contribution is 2.32. The van der Waals surface area contributed by atoms with Gasteiger partial charge in [-0.1, -0.05) is 24.3 Å². The molecule has 0 fully saturated rings. The first-order valence-corrected chi connectivity index (χ1v) is 6.76. The number of carboxylic acid groups (broad SMARTS) is 1. The maximum Gasteiger partial charge on any atom is 0.417 e. The van der Waals surface area contributed by atoms with Gasteiger partial charge in [0.15, 0.2) is 0 Å². The molecule has 0 unspecified atom stereocenters. The number of benzene rings is 2. The Morgan fingerprint density at radius 3 is 2.58 bits per heavy atom. The van der Waals surface area contributed by atoms with Gasteiger partial charge in [0, 0.05) is 11.1 Å². The molecule has 0 aliphatic carbocycles. The number of carbonyl (C=O) groups excluding carboxylic acids is 1. The van der Waals surface area contributed by atoms with Gasteiger partial charge in [-0.05, 0) is 29.8 Å². The van der Waals surface area contributed by atoms with Crippen molar-refractivity contribution in [2.24, 2.45) is 0 Å². The Bertz CT molecular complexity index is 1020. The number of para-hydroxylation sites is 1. The first kappa shape index (κ1) is 15.2. The number of anilines is 2. The molecule has 0 bridgehead atoms. The number of hydrogen-bond acceptors (Lipinski definition) is 7. The van der Waals surface area contributed by atoms with Crippen LogP contribution in [-0.2, 0) is 0 Å². The largest absolute Gasteiger partial charge is 0.545 e. The summed E-state index contributed by atoms with van der Waals surface area (Å²) in [4.78, 5) is 33.3. The number of rotatable bonds is 4. The maximum atomic E-state index is 11.9. The third-order valence-corrected chi connectivity index (χ3v) is 3.34. The number of carboxylic acids is 1. The summed E-state index contributed by atoms with van der Waals surface area (Å²) in [5.41, 5.74) is -1.59. The van der Waals surface area contributed by atoms with Crippen molar-refractivity contribution in [2.75, 3.05) is 5.32 Å². The number of carbonyl (C=O) groups is 1. The minimum absolute atomic E-state index is 0.0673. The van der Waals surface area contributed by atoms with Crippen LogP contribution < -0.4 is 16.0 Å². The van der Waals surface area contributed by atoms with E-state index in [1.165, 1.54) is 30.3 Å². The van der Waals surface area contributed by atoms with Crippen molar-refractivity contribution in [1.29, 1.82) is 0 Å². The summed E-state index contributed by atoms with van der Waals surface area (Å²) in [6, 6.07) is 11.9. The van der Waals surface area contributed by atoms with Crippen LogP contribution in [0.1, 0.15) is 10.4 Å². The fraction of sp³-hybridized carbons (Fsp3) is 0. The lowest BCUT2D eigenvalue weighted by molar-refractivity contribution is -0.386. The lowest BCUT2D eigenvalue weighted by atomic mass is 10.1. The Morgan fingerprint density at radius 1 is 1.12 bits per heavy atom. The van der Waals surface area contributed by atoms with E-state index in [1.807, 2.05) is 0 Å². The summed E-state index contributed by atoms with van der Waals surface area (Å²) in [7, 11) is 0. The zero-order valence-corrected chi connectivity index (χ0v) is 12.0. The van der Waals surface area contributed by atoms with Gasteiger partial charge in [-0.15, -0.1) is 0 Å². The summed E-state index contributed by atoms with van der Waals surface area (Å²) in [5, 5.41) is 25.3. The van der Waals surface area contributed by atoms with Gasteiger partial charge in [0.25, 0.3) is 0 Å². The van der Waals surface area contributed by atoms with Crippen LogP contribution in [0.5, 0.6) is 0 Å². The predicted octanol–water partition coefficient (Wildman–Crippen LogP) is 1.81. The Kier molecular flexibility index (Phi) is 3.70. The standard InChI is InChI=1S/C16H10N2O6/c19-15(20)9-4-3-5-10(8-9)17-13-11-6-1-2-7-12(11)24-16(21)14(13)18(22)23/h1-8,17H,(H,19,20)/p-1. The number of fused-ring (bicyclic) bond motifs is 1. The Hall–Kier alpha value is -3.68. The van der Waals surface area contributed by atoms with E-state index in [0.717, 1.165) is 0 Å². The van der Waals surface area contributed by atoms with Crippen molar-refractivity contribution in [3.05, 3.63) is 74.6 Å². The van der Waals surface area contributed by atoms with Crippen LogP contribution >= 0.6 is 0 Å². The number of nitro groups is 1. The van der Waals surface area contributed by atoms with E-state index in [9.17, 15) is 24.8 Å². The highest BCUT2D eigenvalue weighted by Gasteiger charge is 2.24.